The summed E-state index contributed by atoms with van der Waals surface area (Å²) in [5.74, 6) is -0.147. The van der Waals surface area contributed by atoms with Gasteiger partial charge in [0, 0.05) is 5.57 Å². The zero-order valence-electron chi connectivity index (χ0n) is 12.5. The molecule has 0 saturated carbocycles. The first-order valence-electron chi connectivity index (χ1n) is 6.77. The van der Waals surface area contributed by atoms with Gasteiger partial charge in [-0.3, -0.25) is 4.79 Å². The molecular weight excluding hydrogens is 366 g/mol. The fourth-order valence-electron chi connectivity index (χ4n) is 2.17. The van der Waals surface area contributed by atoms with Crippen molar-refractivity contribution < 1.29 is 13.2 Å². The molecule has 6 heteroatoms. The van der Waals surface area contributed by atoms with Crippen LogP contribution in [0.2, 0.25) is 0 Å². The molecular formula is C16H16BrNO3S. The second-order valence-electron chi connectivity index (χ2n) is 5.30. The number of allylic oxidation sites excluding steroid dienone is 4. The average Bonchev–Trinajstić information content (AvgIpc) is 2.44. The molecule has 0 saturated heterocycles. The van der Waals surface area contributed by atoms with Gasteiger partial charge in [0.2, 0.25) is 0 Å². The van der Waals surface area contributed by atoms with E-state index in [1.54, 1.807) is 25.1 Å². The molecule has 1 aliphatic carbocycles. The predicted molar refractivity (Wildman–Crippen MR) is 90.6 cm³/mol. The van der Waals surface area contributed by atoms with Crippen molar-refractivity contribution in [3.8, 4) is 0 Å². The van der Waals surface area contributed by atoms with Crippen LogP contribution in [0.5, 0.6) is 0 Å². The SMILES string of the molecule is CC1=CC(=O)C(C(C)C)=C(Br)C1=NS(=O)(=O)c1ccccc1. The van der Waals surface area contributed by atoms with Crippen LogP contribution in [0.15, 0.2) is 61.3 Å². The summed E-state index contributed by atoms with van der Waals surface area (Å²) >= 11 is 3.35. The third kappa shape index (κ3) is 3.28. The smallest absolute Gasteiger partial charge is 0.282 e. The lowest BCUT2D eigenvalue weighted by atomic mass is 9.90. The van der Waals surface area contributed by atoms with Crippen LogP contribution >= 0.6 is 15.9 Å². The molecule has 0 atom stereocenters. The van der Waals surface area contributed by atoms with E-state index < -0.39 is 10.0 Å². The maximum atomic E-state index is 12.4. The minimum absolute atomic E-state index is 0.0316. The van der Waals surface area contributed by atoms with Crippen LogP contribution < -0.4 is 0 Å². The molecule has 116 valence electrons. The highest BCUT2D eigenvalue weighted by Gasteiger charge is 2.27. The van der Waals surface area contributed by atoms with Crippen LogP contribution in [0.25, 0.3) is 0 Å². The van der Waals surface area contributed by atoms with Gasteiger partial charge >= 0.3 is 0 Å². The van der Waals surface area contributed by atoms with Crippen LogP contribution in [-0.4, -0.2) is 19.9 Å². The number of rotatable bonds is 3. The Morgan fingerprint density at radius 3 is 2.27 bits per heavy atom. The first kappa shape index (κ1) is 16.8. The number of benzene rings is 1. The highest BCUT2D eigenvalue weighted by atomic mass is 79.9. The summed E-state index contributed by atoms with van der Waals surface area (Å²) in [6.45, 7) is 5.44. The lowest BCUT2D eigenvalue weighted by Gasteiger charge is -2.19. The Morgan fingerprint density at radius 2 is 1.73 bits per heavy atom. The minimum atomic E-state index is -3.82. The quantitative estimate of drug-likeness (QED) is 0.750. The number of ketones is 1. The van der Waals surface area contributed by atoms with Crippen LogP contribution in [0.4, 0.5) is 0 Å². The Bertz CT molecular complexity index is 803. The van der Waals surface area contributed by atoms with Gasteiger partial charge in [-0.2, -0.15) is 12.8 Å². The summed E-state index contributed by atoms with van der Waals surface area (Å²) in [6.07, 6.45) is 1.43. The minimum Gasteiger partial charge on any atom is -0.290 e. The number of carbonyl (C=O) groups is 1. The standard InChI is InChI=1S/C16H16BrNO3S/c1-10(2)14-13(19)9-11(3)16(15(14)17)18-22(20,21)12-7-5-4-6-8-12/h4-10H,1-3H3. The number of carbonyl (C=O) groups excluding carboxylic acids is 1. The van der Waals surface area contributed by atoms with E-state index in [1.165, 1.54) is 18.2 Å². The predicted octanol–water partition coefficient (Wildman–Crippen LogP) is 3.65. The maximum absolute atomic E-state index is 12.4. The number of hydrogen-bond donors (Lipinski definition) is 0. The molecule has 1 aliphatic rings. The lowest BCUT2D eigenvalue weighted by Crippen LogP contribution is -2.20. The molecule has 0 unspecified atom stereocenters. The van der Waals surface area contributed by atoms with Crippen molar-refractivity contribution in [2.24, 2.45) is 10.3 Å². The lowest BCUT2D eigenvalue weighted by molar-refractivity contribution is -0.111. The third-order valence-electron chi connectivity index (χ3n) is 3.26. The van der Waals surface area contributed by atoms with Gasteiger partial charge in [-0.15, -0.1) is 0 Å². The van der Waals surface area contributed by atoms with E-state index in [2.05, 4.69) is 20.3 Å². The summed E-state index contributed by atoms with van der Waals surface area (Å²) in [5.41, 5.74) is 1.35. The molecule has 0 spiro atoms. The Hall–Kier alpha value is -1.53. The summed E-state index contributed by atoms with van der Waals surface area (Å²) in [7, 11) is -3.82. The van der Waals surface area contributed by atoms with Gasteiger partial charge in [-0.1, -0.05) is 32.0 Å². The molecule has 0 radical (unpaired) electrons. The molecule has 0 heterocycles. The highest BCUT2D eigenvalue weighted by Crippen LogP contribution is 2.30. The van der Waals surface area contributed by atoms with Crippen LogP contribution in [0.3, 0.4) is 0 Å². The Labute approximate surface area is 138 Å². The van der Waals surface area contributed by atoms with E-state index in [0.717, 1.165) is 0 Å². The average molecular weight is 382 g/mol. The molecule has 0 aliphatic heterocycles. The van der Waals surface area contributed by atoms with E-state index in [-0.39, 0.29) is 22.3 Å². The van der Waals surface area contributed by atoms with Crippen molar-refractivity contribution in [3.05, 3.63) is 52.0 Å². The van der Waals surface area contributed by atoms with Crippen LogP contribution in [-0.2, 0) is 14.8 Å². The first-order valence-corrected chi connectivity index (χ1v) is 9.00. The largest absolute Gasteiger partial charge is 0.290 e. The summed E-state index contributed by atoms with van der Waals surface area (Å²) < 4.78 is 29.2. The zero-order valence-corrected chi connectivity index (χ0v) is 14.9. The summed E-state index contributed by atoms with van der Waals surface area (Å²) in [4.78, 5) is 12.2. The van der Waals surface area contributed by atoms with Crippen molar-refractivity contribution in [2.75, 3.05) is 0 Å². The number of hydrogen-bond acceptors (Lipinski definition) is 3. The Kier molecular flexibility index (Phi) is 4.82. The van der Waals surface area contributed by atoms with Crippen molar-refractivity contribution >= 4 is 37.4 Å². The molecule has 1 aromatic rings. The third-order valence-corrected chi connectivity index (χ3v) is 5.35. The van der Waals surface area contributed by atoms with Gasteiger partial charge in [0.25, 0.3) is 10.0 Å². The Balaban J connectivity index is 2.60. The van der Waals surface area contributed by atoms with Gasteiger partial charge in [0.05, 0.1) is 15.1 Å². The molecule has 0 amide bonds. The van der Waals surface area contributed by atoms with E-state index in [1.807, 2.05) is 13.8 Å². The fraction of sp³-hybridized carbons (Fsp3) is 0.250. The molecule has 0 aromatic heterocycles. The van der Waals surface area contributed by atoms with Crippen molar-refractivity contribution in [1.29, 1.82) is 0 Å². The number of halogens is 1. The molecule has 0 N–H and O–H groups in total. The van der Waals surface area contributed by atoms with E-state index in [0.29, 0.717) is 15.6 Å². The zero-order chi connectivity index (χ0) is 16.5. The van der Waals surface area contributed by atoms with Crippen LogP contribution in [0, 0.1) is 5.92 Å². The monoisotopic (exact) mass is 381 g/mol. The molecule has 0 fully saturated rings. The van der Waals surface area contributed by atoms with Crippen LogP contribution in [0.1, 0.15) is 20.8 Å². The second-order valence-corrected chi connectivity index (χ2v) is 7.70. The van der Waals surface area contributed by atoms with Gasteiger partial charge in [-0.25, -0.2) is 0 Å². The second kappa shape index (κ2) is 6.30. The highest BCUT2D eigenvalue weighted by molar-refractivity contribution is 9.12. The van der Waals surface area contributed by atoms with Gasteiger partial charge in [0.15, 0.2) is 5.78 Å². The van der Waals surface area contributed by atoms with Gasteiger partial charge in [-0.05, 0) is 52.6 Å². The molecule has 2 rings (SSSR count). The summed E-state index contributed by atoms with van der Waals surface area (Å²) in [5, 5.41) is 0. The van der Waals surface area contributed by atoms with E-state index >= 15 is 0 Å². The molecule has 0 bridgehead atoms. The van der Waals surface area contributed by atoms with Gasteiger partial charge in [0.1, 0.15) is 0 Å². The molecule has 4 nitrogen and oxygen atoms in total. The number of sulfonamides is 1. The van der Waals surface area contributed by atoms with E-state index in [9.17, 15) is 13.2 Å². The normalized spacial score (nSPS) is 18.1. The summed E-state index contributed by atoms with van der Waals surface area (Å²) in [6, 6.07) is 8.01. The maximum Gasteiger partial charge on any atom is 0.282 e. The molecule has 1 aromatic carbocycles. The fourth-order valence-corrected chi connectivity index (χ4v) is 4.42. The Morgan fingerprint density at radius 1 is 1.14 bits per heavy atom. The molecule has 22 heavy (non-hydrogen) atoms. The van der Waals surface area contributed by atoms with E-state index in [4.69, 9.17) is 0 Å². The topological polar surface area (TPSA) is 63.6 Å². The number of nitrogens with zero attached hydrogens (tertiary/aromatic N) is 1. The van der Waals surface area contributed by atoms with Crippen molar-refractivity contribution in [2.45, 2.75) is 25.7 Å². The first-order chi connectivity index (χ1) is 10.2. The van der Waals surface area contributed by atoms with Crippen molar-refractivity contribution in [1.82, 2.24) is 0 Å². The van der Waals surface area contributed by atoms with Crippen molar-refractivity contribution in [3.63, 3.8) is 0 Å². The van der Waals surface area contributed by atoms with Gasteiger partial charge < -0.3 is 0 Å².